The summed E-state index contributed by atoms with van der Waals surface area (Å²) in [5.41, 5.74) is 5.32. The smallest absolute Gasteiger partial charge is 0.259 e. The van der Waals surface area contributed by atoms with Gasteiger partial charge in [0, 0.05) is 10.7 Å². The van der Waals surface area contributed by atoms with Crippen LogP contribution in [0.2, 0.25) is 5.02 Å². The number of amides is 1. The second kappa shape index (κ2) is 7.45. The first kappa shape index (κ1) is 15.1. The van der Waals surface area contributed by atoms with Crippen LogP contribution in [0.5, 0.6) is 0 Å². The van der Waals surface area contributed by atoms with E-state index < -0.39 is 0 Å². The highest BCUT2D eigenvalue weighted by atomic mass is 35.5. The van der Waals surface area contributed by atoms with E-state index in [1.54, 1.807) is 18.3 Å². The lowest BCUT2D eigenvalue weighted by molar-refractivity contribution is -0.119. The van der Waals surface area contributed by atoms with Gasteiger partial charge in [0.1, 0.15) is 0 Å². The van der Waals surface area contributed by atoms with Crippen molar-refractivity contribution in [3.8, 4) is 0 Å². The number of halogens is 1. The first-order chi connectivity index (χ1) is 10.1. The summed E-state index contributed by atoms with van der Waals surface area (Å²) in [5, 5.41) is 7.59. The van der Waals surface area contributed by atoms with Gasteiger partial charge in [-0.1, -0.05) is 41.9 Å². The molecule has 4 nitrogen and oxygen atoms in total. The third-order valence-electron chi connectivity index (χ3n) is 2.84. The van der Waals surface area contributed by atoms with Gasteiger partial charge < -0.3 is 5.32 Å². The monoisotopic (exact) mass is 301 g/mol. The van der Waals surface area contributed by atoms with Crippen LogP contribution in [0.15, 0.2) is 53.6 Å². The summed E-state index contributed by atoms with van der Waals surface area (Å²) in [7, 11) is 0. The number of nitrogens with zero attached hydrogens (tertiary/aromatic N) is 1. The molecule has 0 fully saturated rings. The molecule has 0 heterocycles. The van der Waals surface area contributed by atoms with Gasteiger partial charge in [-0.3, -0.25) is 4.79 Å². The molecule has 0 aromatic heterocycles. The lowest BCUT2D eigenvalue weighted by Crippen LogP contribution is -2.26. The van der Waals surface area contributed by atoms with E-state index in [2.05, 4.69) is 15.8 Å². The molecule has 0 aliphatic heterocycles. The van der Waals surface area contributed by atoms with Crippen molar-refractivity contribution in [3.63, 3.8) is 0 Å². The quantitative estimate of drug-likeness (QED) is 0.658. The van der Waals surface area contributed by atoms with Gasteiger partial charge in [0.15, 0.2) is 0 Å². The van der Waals surface area contributed by atoms with Crippen molar-refractivity contribution in [1.82, 2.24) is 5.43 Å². The molecule has 0 unspecified atom stereocenters. The minimum Gasteiger partial charge on any atom is -0.376 e. The molecular formula is C16H16ClN3O. The van der Waals surface area contributed by atoms with Crippen LogP contribution in [0.4, 0.5) is 5.69 Å². The number of carbonyl (C=O) groups excluding carboxylic acids is 1. The molecule has 2 aromatic carbocycles. The van der Waals surface area contributed by atoms with Gasteiger partial charge in [0.2, 0.25) is 0 Å². The van der Waals surface area contributed by atoms with Gasteiger partial charge in [0.25, 0.3) is 5.91 Å². The number of carbonyl (C=O) groups is 1. The maximum Gasteiger partial charge on any atom is 0.259 e. The highest BCUT2D eigenvalue weighted by Gasteiger charge is 2.01. The van der Waals surface area contributed by atoms with Crippen LogP contribution in [0.1, 0.15) is 11.1 Å². The molecular weight excluding hydrogens is 286 g/mol. The first-order valence-electron chi connectivity index (χ1n) is 6.52. The number of hydrogen-bond donors (Lipinski definition) is 2. The maximum absolute atomic E-state index is 11.7. The van der Waals surface area contributed by atoms with Crippen LogP contribution in [0.25, 0.3) is 0 Å². The zero-order valence-corrected chi connectivity index (χ0v) is 12.4. The average molecular weight is 302 g/mol. The Kier molecular flexibility index (Phi) is 5.35. The normalized spacial score (nSPS) is 10.6. The Labute approximate surface area is 128 Å². The summed E-state index contributed by atoms with van der Waals surface area (Å²) in [6, 6.07) is 15.0. The van der Waals surface area contributed by atoms with Crippen LogP contribution in [-0.2, 0) is 4.79 Å². The minimum absolute atomic E-state index is 0.164. The Morgan fingerprint density at radius 1 is 1.24 bits per heavy atom. The van der Waals surface area contributed by atoms with Gasteiger partial charge in [0.05, 0.1) is 12.8 Å². The standard InChI is InChI=1S/C16H16ClN3O/c1-12-5-2-3-8-15(12)18-11-16(21)20-19-10-13-6-4-7-14(17)9-13/h2-10,18H,11H2,1H3,(H,20,21)/b19-10-. The maximum atomic E-state index is 11.7. The van der Waals surface area contributed by atoms with E-state index in [9.17, 15) is 4.79 Å². The van der Waals surface area contributed by atoms with Crippen LogP contribution in [-0.4, -0.2) is 18.7 Å². The Morgan fingerprint density at radius 3 is 2.81 bits per heavy atom. The molecule has 0 aliphatic rings. The van der Waals surface area contributed by atoms with Gasteiger partial charge in [-0.25, -0.2) is 5.43 Å². The molecule has 2 rings (SSSR count). The van der Waals surface area contributed by atoms with Crippen molar-refractivity contribution in [3.05, 3.63) is 64.7 Å². The Morgan fingerprint density at radius 2 is 2.05 bits per heavy atom. The summed E-state index contributed by atoms with van der Waals surface area (Å²) in [6.45, 7) is 2.15. The molecule has 2 aromatic rings. The summed E-state index contributed by atoms with van der Waals surface area (Å²) in [4.78, 5) is 11.7. The van der Waals surface area contributed by atoms with Gasteiger partial charge in [-0.05, 0) is 36.2 Å². The third-order valence-corrected chi connectivity index (χ3v) is 3.07. The number of hydrogen-bond acceptors (Lipinski definition) is 3. The Hall–Kier alpha value is -2.33. The van der Waals surface area contributed by atoms with E-state index in [1.807, 2.05) is 43.3 Å². The summed E-state index contributed by atoms with van der Waals surface area (Å²) in [5.74, 6) is -0.212. The first-order valence-corrected chi connectivity index (χ1v) is 6.90. The topological polar surface area (TPSA) is 53.5 Å². The molecule has 0 saturated heterocycles. The molecule has 1 amide bonds. The number of nitrogens with one attached hydrogen (secondary N) is 2. The number of aryl methyl sites for hydroxylation is 1. The van der Waals surface area contributed by atoms with Crippen molar-refractivity contribution in [2.24, 2.45) is 5.10 Å². The van der Waals surface area contributed by atoms with E-state index in [0.717, 1.165) is 16.8 Å². The summed E-state index contributed by atoms with van der Waals surface area (Å²) < 4.78 is 0. The van der Waals surface area contributed by atoms with E-state index in [0.29, 0.717) is 5.02 Å². The van der Waals surface area contributed by atoms with Crippen molar-refractivity contribution < 1.29 is 4.79 Å². The number of anilines is 1. The molecule has 0 aliphatic carbocycles. The Balaban J connectivity index is 1.81. The number of benzene rings is 2. The Bertz CT molecular complexity index is 655. The summed E-state index contributed by atoms with van der Waals surface area (Å²) in [6.07, 6.45) is 1.55. The fourth-order valence-electron chi connectivity index (χ4n) is 1.75. The van der Waals surface area contributed by atoms with Gasteiger partial charge in [-0.15, -0.1) is 0 Å². The average Bonchev–Trinajstić information content (AvgIpc) is 2.46. The van der Waals surface area contributed by atoms with Crippen LogP contribution < -0.4 is 10.7 Å². The lowest BCUT2D eigenvalue weighted by atomic mass is 10.2. The highest BCUT2D eigenvalue weighted by Crippen LogP contribution is 2.12. The molecule has 0 bridgehead atoms. The molecule has 0 atom stereocenters. The second-order valence-electron chi connectivity index (χ2n) is 4.52. The SMILES string of the molecule is Cc1ccccc1NCC(=O)N/N=C\c1cccc(Cl)c1. The second-order valence-corrected chi connectivity index (χ2v) is 4.95. The molecule has 2 N–H and O–H groups in total. The molecule has 5 heteroatoms. The zero-order valence-electron chi connectivity index (χ0n) is 11.6. The van der Waals surface area contributed by atoms with Gasteiger partial charge >= 0.3 is 0 Å². The summed E-state index contributed by atoms with van der Waals surface area (Å²) >= 11 is 5.86. The van der Waals surface area contributed by atoms with E-state index in [4.69, 9.17) is 11.6 Å². The predicted molar refractivity (Wildman–Crippen MR) is 86.9 cm³/mol. The molecule has 0 saturated carbocycles. The van der Waals surface area contributed by atoms with Crippen LogP contribution in [0.3, 0.4) is 0 Å². The largest absolute Gasteiger partial charge is 0.376 e. The molecule has 0 radical (unpaired) electrons. The van der Waals surface area contributed by atoms with Crippen molar-refractivity contribution in [2.45, 2.75) is 6.92 Å². The van der Waals surface area contributed by atoms with E-state index in [-0.39, 0.29) is 12.5 Å². The van der Waals surface area contributed by atoms with Crippen molar-refractivity contribution in [1.29, 1.82) is 0 Å². The molecule has 108 valence electrons. The van der Waals surface area contributed by atoms with Crippen LogP contribution in [0, 0.1) is 6.92 Å². The van der Waals surface area contributed by atoms with Crippen LogP contribution >= 0.6 is 11.6 Å². The zero-order chi connectivity index (χ0) is 15.1. The van der Waals surface area contributed by atoms with Gasteiger partial charge in [-0.2, -0.15) is 5.10 Å². The predicted octanol–water partition coefficient (Wildman–Crippen LogP) is 3.21. The number of para-hydroxylation sites is 1. The molecule has 21 heavy (non-hydrogen) atoms. The fourth-order valence-corrected chi connectivity index (χ4v) is 1.95. The fraction of sp³-hybridized carbons (Fsp3) is 0.125. The lowest BCUT2D eigenvalue weighted by Gasteiger charge is -2.07. The van der Waals surface area contributed by atoms with Crippen molar-refractivity contribution >= 4 is 29.4 Å². The third kappa shape index (κ3) is 4.93. The molecule has 0 spiro atoms. The van der Waals surface area contributed by atoms with Crippen molar-refractivity contribution in [2.75, 3.05) is 11.9 Å². The highest BCUT2D eigenvalue weighted by molar-refractivity contribution is 6.30. The van der Waals surface area contributed by atoms with E-state index >= 15 is 0 Å². The van der Waals surface area contributed by atoms with E-state index in [1.165, 1.54) is 0 Å². The number of rotatable bonds is 5. The number of hydrazone groups is 1. The minimum atomic E-state index is -0.212.